The van der Waals surface area contributed by atoms with Crippen LogP contribution in [-0.2, 0) is 18.9 Å². The van der Waals surface area contributed by atoms with E-state index >= 15 is 0 Å². The molecule has 0 aliphatic carbocycles. The molecular weight excluding hydrogens is 452 g/mol. The average molecular weight is 473 g/mol. The molecule has 32 heavy (non-hydrogen) atoms. The predicted molar refractivity (Wildman–Crippen MR) is 127 cm³/mol. The standard InChI is InChI=1S/C22H21ClN4O4S/c1-26-16-7-6-13(30-3)10-14(16)19-20(26)21(29)27(2)22(25-19)32-11-18(28)24-15-9-12(23)5-8-17(15)31-4/h5-10H,11H2,1-4H3,(H,24,28). The molecule has 0 bridgehead atoms. The van der Waals surface area contributed by atoms with Crippen molar-refractivity contribution < 1.29 is 14.3 Å². The predicted octanol–water partition coefficient (Wildman–Crippen LogP) is 3.83. The molecule has 0 spiro atoms. The van der Waals surface area contributed by atoms with Gasteiger partial charge in [0.15, 0.2) is 5.16 Å². The van der Waals surface area contributed by atoms with Crippen LogP contribution < -0.4 is 20.3 Å². The van der Waals surface area contributed by atoms with Crippen LogP contribution >= 0.6 is 23.4 Å². The van der Waals surface area contributed by atoms with Gasteiger partial charge in [0.2, 0.25) is 5.91 Å². The average Bonchev–Trinajstić information content (AvgIpc) is 3.06. The Kier molecular flexibility index (Phi) is 6.03. The lowest BCUT2D eigenvalue weighted by Crippen LogP contribution is -2.22. The number of amides is 1. The third-order valence-corrected chi connectivity index (χ3v) is 6.41. The summed E-state index contributed by atoms with van der Waals surface area (Å²) in [5.41, 5.74) is 2.23. The second kappa shape index (κ2) is 8.76. The van der Waals surface area contributed by atoms with Crippen LogP contribution in [0.1, 0.15) is 0 Å². The molecule has 4 aromatic rings. The number of nitrogens with zero attached hydrogens (tertiary/aromatic N) is 3. The highest BCUT2D eigenvalue weighted by Crippen LogP contribution is 2.30. The van der Waals surface area contributed by atoms with Crippen molar-refractivity contribution >= 4 is 56.9 Å². The quantitative estimate of drug-likeness (QED) is 0.339. The number of hydrogen-bond donors (Lipinski definition) is 1. The highest BCUT2D eigenvalue weighted by atomic mass is 35.5. The number of carbonyl (C=O) groups excluding carboxylic acids is 1. The van der Waals surface area contributed by atoms with Crippen LogP contribution in [0, 0.1) is 0 Å². The molecule has 166 valence electrons. The van der Waals surface area contributed by atoms with E-state index in [0.717, 1.165) is 10.9 Å². The third kappa shape index (κ3) is 3.89. The smallest absolute Gasteiger partial charge is 0.278 e. The van der Waals surface area contributed by atoms with E-state index in [4.69, 9.17) is 26.1 Å². The van der Waals surface area contributed by atoms with E-state index in [1.807, 2.05) is 29.8 Å². The zero-order chi connectivity index (χ0) is 23.0. The summed E-state index contributed by atoms with van der Waals surface area (Å²) >= 11 is 7.20. The molecule has 0 fully saturated rings. The van der Waals surface area contributed by atoms with Crippen LogP contribution in [0.25, 0.3) is 21.9 Å². The van der Waals surface area contributed by atoms with Gasteiger partial charge in [-0.25, -0.2) is 4.98 Å². The summed E-state index contributed by atoms with van der Waals surface area (Å²) in [5, 5.41) is 4.52. The summed E-state index contributed by atoms with van der Waals surface area (Å²) in [7, 11) is 6.58. The number of aryl methyl sites for hydroxylation is 1. The van der Waals surface area contributed by atoms with Crippen molar-refractivity contribution in [1.82, 2.24) is 14.1 Å². The lowest BCUT2D eigenvalue weighted by Gasteiger charge is -2.11. The van der Waals surface area contributed by atoms with Crippen LogP contribution in [-0.4, -0.2) is 40.0 Å². The van der Waals surface area contributed by atoms with Gasteiger partial charge in [-0.2, -0.15) is 0 Å². The minimum Gasteiger partial charge on any atom is -0.497 e. The van der Waals surface area contributed by atoms with Crippen molar-refractivity contribution in [3.05, 3.63) is 51.8 Å². The maximum atomic E-state index is 13.1. The molecule has 8 nitrogen and oxygen atoms in total. The normalized spacial score (nSPS) is 11.2. The molecule has 0 saturated heterocycles. The van der Waals surface area contributed by atoms with Crippen LogP contribution in [0.4, 0.5) is 5.69 Å². The first-order valence-corrected chi connectivity index (χ1v) is 11.0. The number of rotatable bonds is 6. The van der Waals surface area contributed by atoms with Gasteiger partial charge in [-0.1, -0.05) is 23.4 Å². The van der Waals surface area contributed by atoms with Crippen LogP contribution in [0.15, 0.2) is 46.3 Å². The van der Waals surface area contributed by atoms with E-state index in [-0.39, 0.29) is 17.2 Å². The summed E-state index contributed by atoms with van der Waals surface area (Å²) in [6.45, 7) is 0. The summed E-state index contributed by atoms with van der Waals surface area (Å²) in [5.74, 6) is 0.959. The van der Waals surface area contributed by atoms with Gasteiger partial charge >= 0.3 is 0 Å². The summed E-state index contributed by atoms with van der Waals surface area (Å²) in [6.07, 6.45) is 0. The lowest BCUT2D eigenvalue weighted by atomic mass is 10.2. The van der Waals surface area contributed by atoms with Crippen LogP contribution in [0.3, 0.4) is 0 Å². The second-order valence-corrected chi connectivity index (χ2v) is 8.46. The minimum atomic E-state index is -0.274. The Bertz CT molecular complexity index is 1410. The number of ether oxygens (including phenoxy) is 2. The van der Waals surface area contributed by atoms with Crippen molar-refractivity contribution in [2.45, 2.75) is 5.16 Å². The molecule has 10 heteroatoms. The number of carbonyl (C=O) groups is 1. The van der Waals surface area contributed by atoms with Crippen molar-refractivity contribution in [3.8, 4) is 11.5 Å². The van der Waals surface area contributed by atoms with Gasteiger partial charge in [0.1, 0.15) is 22.5 Å². The van der Waals surface area contributed by atoms with Crippen molar-refractivity contribution in [1.29, 1.82) is 0 Å². The first-order chi connectivity index (χ1) is 15.3. The molecular formula is C22H21ClN4O4S. The van der Waals surface area contributed by atoms with Gasteiger partial charge in [-0.15, -0.1) is 0 Å². The van der Waals surface area contributed by atoms with Gasteiger partial charge in [0.05, 0.1) is 31.2 Å². The zero-order valence-corrected chi connectivity index (χ0v) is 19.5. The van der Waals surface area contributed by atoms with Crippen LogP contribution in [0.2, 0.25) is 5.02 Å². The summed E-state index contributed by atoms with van der Waals surface area (Å²) in [6, 6.07) is 10.6. The Hall–Kier alpha value is -3.17. The lowest BCUT2D eigenvalue weighted by molar-refractivity contribution is -0.113. The maximum absolute atomic E-state index is 13.1. The highest BCUT2D eigenvalue weighted by molar-refractivity contribution is 7.99. The first kappa shape index (κ1) is 22.0. The van der Waals surface area contributed by atoms with E-state index in [0.29, 0.717) is 38.4 Å². The largest absolute Gasteiger partial charge is 0.497 e. The van der Waals surface area contributed by atoms with E-state index in [1.165, 1.54) is 23.4 Å². The Morgan fingerprint density at radius 2 is 1.91 bits per heavy atom. The number of hydrogen-bond acceptors (Lipinski definition) is 6. The Labute approximate surface area is 193 Å². The fourth-order valence-electron chi connectivity index (χ4n) is 3.53. The fourth-order valence-corrected chi connectivity index (χ4v) is 4.47. The monoisotopic (exact) mass is 472 g/mol. The molecule has 1 amide bonds. The fraction of sp³-hybridized carbons (Fsp3) is 0.227. The zero-order valence-electron chi connectivity index (χ0n) is 17.9. The maximum Gasteiger partial charge on any atom is 0.278 e. The summed E-state index contributed by atoms with van der Waals surface area (Å²) in [4.78, 5) is 30.3. The van der Waals surface area contributed by atoms with Gasteiger partial charge in [-0.3, -0.25) is 14.2 Å². The molecule has 2 aromatic carbocycles. The van der Waals surface area contributed by atoms with Crippen LogP contribution in [0.5, 0.6) is 11.5 Å². The van der Waals surface area contributed by atoms with E-state index in [1.54, 1.807) is 32.4 Å². The third-order valence-electron chi connectivity index (χ3n) is 5.15. The number of anilines is 1. The van der Waals surface area contributed by atoms with E-state index in [2.05, 4.69) is 5.32 Å². The number of thioether (sulfide) groups is 1. The molecule has 1 N–H and O–H groups in total. The minimum absolute atomic E-state index is 0.0511. The molecule has 0 saturated carbocycles. The number of methoxy groups -OCH3 is 2. The number of benzene rings is 2. The Balaban J connectivity index is 1.65. The molecule has 2 heterocycles. The highest BCUT2D eigenvalue weighted by Gasteiger charge is 2.18. The molecule has 0 unspecified atom stereocenters. The Morgan fingerprint density at radius 3 is 2.62 bits per heavy atom. The number of aromatic nitrogens is 3. The van der Waals surface area contributed by atoms with Crippen molar-refractivity contribution in [2.24, 2.45) is 14.1 Å². The van der Waals surface area contributed by atoms with E-state index < -0.39 is 0 Å². The van der Waals surface area contributed by atoms with Gasteiger partial charge in [0.25, 0.3) is 5.56 Å². The summed E-state index contributed by atoms with van der Waals surface area (Å²) < 4.78 is 13.9. The molecule has 0 aliphatic heterocycles. The molecule has 0 atom stereocenters. The Morgan fingerprint density at radius 1 is 1.12 bits per heavy atom. The van der Waals surface area contributed by atoms with E-state index in [9.17, 15) is 9.59 Å². The molecule has 0 aliphatic rings. The second-order valence-electron chi connectivity index (χ2n) is 7.08. The van der Waals surface area contributed by atoms with Crippen molar-refractivity contribution in [2.75, 3.05) is 25.3 Å². The topological polar surface area (TPSA) is 87.4 Å². The van der Waals surface area contributed by atoms with Gasteiger partial charge < -0.3 is 19.4 Å². The number of nitrogens with one attached hydrogen (secondary N) is 1. The van der Waals surface area contributed by atoms with Gasteiger partial charge in [0, 0.05) is 24.5 Å². The van der Waals surface area contributed by atoms with Crippen molar-refractivity contribution in [3.63, 3.8) is 0 Å². The molecule has 4 rings (SSSR count). The first-order valence-electron chi connectivity index (χ1n) is 9.63. The number of fused-ring (bicyclic) bond motifs is 3. The number of halogens is 1. The van der Waals surface area contributed by atoms with Gasteiger partial charge in [-0.05, 0) is 36.4 Å². The molecule has 2 aromatic heterocycles. The SMILES string of the molecule is COc1ccc2c(c1)c1nc(SCC(=O)Nc3cc(Cl)ccc3OC)n(C)c(=O)c1n2C. The molecule has 0 radical (unpaired) electrons.